The van der Waals surface area contributed by atoms with Crippen LogP contribution in [0.2, 0.25) is 0 Å². The van der Waals surface area contributed by atoms with Gasteiger partial charge < -0.3 is 14.7 Å². The Balaban J connectivity index is 1.53. The van der Waals surface area contributed by atoms with Crippen LogP contribution in [0, 0.1) is 11.6 Å². The van der Waals surface area contributed by atoms with E-state index in [1.54, 1.807) is 35.0 Å². The molecule has 6 aromatic rings. The predicted molar refractivity (Wildman–Crippen MR) is 175 cm³/mol. The quantitative estimate of drug-likeness (QED) is 0.227. The highest BCUT2D eigenvalue weighted by atomic mass is 32.1. The SMILES string of the molecule is C=CC(=O)N1CCn2nc(-c3nc(-c4ccc5cnn(C)c(=O)c5c4)c4ccsc4c3-c3c(F)cc(F)cc3OCCO)cc2C1C. The molecule has 0 saturated heterocycles. The summed E-state index contributed by atoms with van der Waals surface area (Å²) >= 11 is 1.34. The van der Waals surface area contributed by atoms with Crippen LogP contribution >= 0.6 is 11.3 Å². The van der Waals surface area contributed by atoms with Crippen LogP contribution in [0.25, 0.3) is 54.6 Å². The van der Waals surface area contributed by atoms with Gasteiger partial charge in [-0.1, -0.05) is 18.7 Å². The summed E-state index contributed by atoms with van der Waals surface area (Å²) in [6.07, 6.45) is 2.89. The van der Waals surface area contributed by atoms with Crippen molar-refractivity contribution in [1.82, 2.24) is 29.4 Å². The third-order valence-corrected chi connectivity index (χ3v) is 9.34. The van der Waals surface area contributed by atoms with Gasteiger partial charge in [0.05, 0.1) is 47.7 Å². The molecule has 13 heteroatoms. The van der Waals surface area contributed by atoms with Gasteiger partial charge in [-0.05, 0) is 36.6 Å². The van der Waals surface area contributed by atoms with Crippen molar-refractivity contribution in [3.05, 3.63) is 94.4 Å². The van der Waals surface area contributed by atoms with Crippen molar-refractivity contribution in [1.29, 1.82) is 0 Å². The first-order valence-corrected chi connectivity index (χ1v) is 15.7. The molecule has 7 rings (SSSR count). The summed E-state index contributed by atoms with van der Waals surface area (Å²) in [5, 5.41) is 22.1. The molecule has 4 aromatic heterocycles. The third kappa shape index (κ3) is 5.07. The number of rotatable bonds is 7. The average molecular weight is 655 g/mol. The average Bonchev–Trinajstić information content (AvgIpc) is 3.73. The Bertz CT molecular complexity index is 2290. The number of pyridine rings is 1. The lowest BCUT2D eigenvalue weighted by Crippen LogP contribution is -2.40. The maximum absolute atomic E-state index is 16.0. The number of fused-ring (bicyclic) bond motifs is 3. The fourth-order valence-electron chi connectivity index (χ4n) is 6.14. The number of hydrogen-bond donors (Lipinski definition) is 1. The molecule has 1 N–H and O–H groups in total. The van der Waals surface area contributed by atoms with Gasteiger partial charge in [0.15, 0.2) is 0 Å². The standard InChI is InChI=1S/C34H28F2N6O4S/c1-4-28(44)41-8-9-42-26(18(41)2)16-25(39-42)32-30(29-24(36)14-21(35)15-27(29)46-11-10-43)33-22(7-12-47-33)31(38-32)19-5-6-20-17-37-40(3)34(45)23(20)13-19/h4-7,12-18,43H,1,8-11H2,2-3H3. The van der Waals surface area contributed by atoms with E-state index in [1.807, 2.05) is 30.5 Å². The van der Waals surface area contributed by atoms with Crippen molar-refractivity contribution in [2.45, 2.75) is 19.5 Å². The number of aromatic nitrogens is 5. The van der Waals surface area contributed by atoms with Crippen molar-refractivity contribution in [2.75, 3.05) is 19.8 Å². The first-order valence-electron chi connectivity index (χ1n) is 14.8. The Hall–Kier alpha value is -5.27. The van der Waals surface area contributed by atoms with Crippen molar-refractivity contribution in [2.24, 2.45) is 7.05 Å². The second-order valence-electron chi connectivity index (χ2n) is 11.1. The van der Waals surface area contributed by atoms with E-state index in [2.05, 4.69) is 11.7 Å². The minimum atomic E-state index is -0.870. The van der Waals surface area contributed by atoms with Crippen molar-refractivity contribution in [3.8, 4) is 39.5 Å². The van der Waals surface area contributed by atoms with Gasteiger partial charge in [-0.2, -0.15) is 10.2 Å². The predicted octanol–water partition coefficient (Wildman–Crippen LogP) is 5.48. The Kier molecular flexibility index (Phi) is 7.65. The number of hydrogen-bond acceptors (Lipinski definition) is 8. The number of aliphatic hydroxyl groups is 1. The number of carbonyl (C=O) groups is 1. The van der Waals surface area contributed by atoms with Crippen LogP contribution in [0.3, 0.4) is 0 Å². The smallest absolute Gasteiger partial charge is 0.274 e. The lowest BCUT2D eigenvalue weighted by molar-refractivity contribution is -0.129. The van der Waals surface area contributed by atoms with Gasteiger partial charge >= 0.3 is 0 Å². The first-order chi connectivity index (χ1) is 22.7. The van der Waals surface area contributed by atoms with Gasteiger partial charge in [0.1, 0.15) is 35.4 Å². The number of thiophene rings is 1. The Morgan fingerprint density at radius 2 is 1.96 bits per heavy atom. The van der Waals surface area contributed by atoms with Crippen LogP contribution in [-0.4, -0.2) is 60.2 Å². The molecule has 0 fully saturated rings. The van der Waals surface area contributed by atoms with Gasteiger partial charge in [-0.15, -0.1) is 11.3 Å². The van der Waals surface area contributed by atoms with Crippen LogP contribution in [-0.2, 0) is 18.4 Å². The molecule has 1 aliphatic rings. The fraction of sp³-hybridized carbons (Fsp3) is 0.206. The number of halogens is 2. The first kappa shape index (κ1) is 30.4. The number of benzene rings is 2. The molecule has 10 nitrogen and oxygen atoms in total. The van der Waals surface area contributed by atoms with Crippen LogP contribution in [0.15, 0.2) is 71.5 Å². The van der Waals surface area contributed by atoms with Crippen LogP contribution in [0.1, 0.15) is 18.7 Å². The van der Waals surface area contributed by atoms with Gasteiger partial charge in [0.25, 0.3) is 5.56 Å². The molecule has 1 atom stereocenters. The molecule has 0 bridgehead atoms. The number of nitrogens with zero attached hydrogens (tertiary/aromatic N) is 6. The van der Waals surface area contributed by atoms with E-state index in [9.17, 15) is 19.1 Å². The number of amides is 1. The molecule has 5 heterocycles. The summed E-state index contributed by atoms with van der Waals surface area (Å²) in [7, 11) is 1.58. The Morgan fingerprint density at radius 1 is 1.13 bits per heavy atom. The zero-order valence-electron chi connectivity index (χ0n) is 25.4. The molecule has 1 aliphatic heterocycles. The van der Waals surface area contributed by atoms with Gasteiger partial charge in [0.2, 0.25) is 5.91 Å². The molecule has 1 amide bonds. The lowest BCUT2D eigenvalue weighted by Gasteiger charge is -2.33. The summed E-state index contributed by atoms with van der Waals surface area (Å²) in [6.45, 7) is 5.80. The second-order valence-corrected chi connectivity index (χ2v) is 12.1. The summed E-state index contributed by atoms with van der Waals surface area (Å²) in [5.74, 6) is -2.00. The van der Waals surface area contributed by atoms with Gasteiger partial charge in [0, 0.05) is 52.3 Å². The minimum absolute atomic E-state index is 0.0257. The number of carbonyl (C=O) groups excluding carboxylic acids is 1. The fourth-order valence-corrected chi connectivity index (χ4v) is 7.09. The van der Waals surface area contributed by atoms with E-state index in [4.69, 9.17) is 14.8 Å². The Morgan fingerprint density at radius 3 is 2.74 bits per heavy atom. The van der Waals surface area contributed by atoms with E-state index in [0.717, 1.165) is 17.8 Å². The zero-order chi connectivity index (χ0) is 33.0. The molecule has 0 radical (unpaired) electrons. The number of aliphatic hydroxyl groups excluding tert-OH is 1. The molecular weight excluding hydrogens is 626 g/mol. The Labute approximate surface area is 270 Å². The maximum Gasteiger partial charge on any atom is 0.274 e. The summed E-state index contributed by atoms with van der Waals surface area (Å²) in [4.78, 5) is 32.4. The summed E-state index contributed by atoms with van der Waals surface area (Å²) < 4.78 is 39.9. The molecule has 0 spiro atoms. The highest BCUT2D eigenvalue weighted by molar-refractivity contribution is 7.18. The van der Waals surface area contributed by atoms with Crippen molar-refractivity contribution < 1.29 is 23.4 Å². The van der Waals surface area contributed by atoms with E-state index in [1.165, 1.54) is 22.1 Å². The maximum atomic E-state index is 16.0. The monoisotopic (exact) mass is 654 g/mol. The zero-order valence-corrected chi connectivity index (χ0v) is 26.2. The minimum Gasteiger partial charge on any atom is -0.490 e. The third-order valence-electron chi connectivity index (χ3n) is 8.41. The van der Waals surface area contributed by atoms with E-state index in [0.29, 0.717) is 62.2 Å². The molecule has 238 valence electrons. The normalized spacial score (nSPS) is 14.5. The van der Waals surface area contributed by atoms with Crippen molar-refractivity contribution >= 4 is 38.1 Å². The van der Waals surface area contributed by atoms with Gasteiger partial charge in [-0.25, -0.2) is 18.4 Å². The van der Waals surface area contributed by atoms with E-state index >= 15 is 4.39 Å². The van der Waals surface area contributed by atoms with Crippen LogP contribution < -0.4 is 10.3 Å². The van der Waals surface area contributed by atoms with E-state index < -0.39 is 11.6 Å². The molecule has 47 heavy (non-hydrogen) atoms. The molecule has 0 saturated carbocycles. The van der Waals surface area contributed by atoms with Crippen LogP contribution in [0.4, 0.5) is 8.78 Å². The second kappa shape index (κ2) is 11.8. The topological polar surface area (TPSA) is 115 Å². The van der Waals surface area contributed by atoms with Crippen molar-refractivity contribution in [3.63, 3.8) is 0 Å². The van der Waals surface area contributed by atoms with Gasteiger partial charge in [-0.3, -0.25) is 14.3 Å². The molecule has 0 aliphatic carbocycles. The highest BCUT2D eigenvalue weighted by Crippen LogP contribution is 2.47. The number of ether oxygens (including phenoxy) is 1. The lowest BCUT2D eigenvalue weighted by atomic mass is 9.96. The van der Waals surface area contributed by atoms with Crippen LogP contribution in [0.5, 0.6) is 5.75 Å². The molecule has 2 aromatic carbocycles. The summed E-state index contributed by atoms with van der Waals surface area (Å²) in [6, 6.07) is 10.6. The molecule has 1 unspecified atom stereocenters. The number of aryl methyl sites for hydroxylation is 1. The summed E-state index contributed by atoms with van der Waals surface area (Å²) in [5.41, 5.74) is 2.68. The molecular formula is C34H28F2N6O4S. The highest BCUT2D eigenvalue weighted by Gasteiger charge is 2.31. The largest absolute Gasteiger partial charge is 0.490 e. The van der Waals surface area contributed by atoms with E-state index in [-0.39, 0.29) is 42.0 Å².